The molecule has 0 aromatic heterocycles. The minimum Gasteiger partial charge on any atom is -0.490 e. The summed E-state index contributed by atoms with van der Waals surface area (Å²) in [6.07, 6.45) is 0.569. The van der Waals surface area contributed by atoms with E-state index in [2.05, 4.69) is 5.32 Å². The predicted octanol–water partition coefficient (Wildman–Crippen LogP) is 1.63. The fourth-order valence-corrected chi connectivity index (χ4v) is 2.94. The van der Waals surface area contributed by atoms with Crippen molar-refractivity contribution in [3.05, 3.63) is 29.8 Å². The third-order valence-electron chi connectivity index (χ3n) is 4.57. The van der Waals surface area contributed by atoms with Crippen molar-refractivity contribution in [2.24, 2.45) is 5.92 Å². The van der Waals surface area contributed by atoms with Gasteiger partial charge in [-0.25, -0.2) is 0 Å². The molecule has 1 aliphatic heterocycles. The molecule has 1 N–H and O–H groups in total. The molecule has 2 rings (SSSR count). The molecule has 0 aliphatic carbocycles. The Labute approximate surface area is 171 Å². The van der Waals surface area contributed by atoms with E-state index >= 15 is 0 Å². The number of ether oxygens (including phenoxy) is 3. The number of piperazine rings is 1. The molecule has 0 radical (unpaired) electrons. The number of hydrogen-bond donors (Lipinski definition) is 1. The smallest absolute Gasteiger partial charge is 0.308 e. The SMILES string of the molecule is COCCOc1ccccc1C(=O)N1CCNC(=O)C1CC(=O)OCCC(C)C. The van der Waals surface area contributed by atoms with Gasteiger partial charge in [-0.2, -0.15) is 0 Å². The van der Waals surface area contributed by atoms with Crippen LogP contribution in [0.5, 0.6) is 5.75 Å². The predicted molar refractivity (Wildman–Crippen MR) is 107 cm³/mol. The highest BCUT2D eigenvalue weighted by Crippen LogP contribution is 2.23. The standard InChI is InChI=1S/C21H30N2O6/c1-15(2)8-11-29-19(24)14-17-20(25)22-9-10-23(17)21(26)16-6-4-5-7-18(16)28-13-12-27-3/h4-7,15,17H,8-14H2,1-3H3,(H,22,25). The molecule has 1 unspecified atom stereocenters. The Hall–Kier alpha value is -2.61. The summed E-state index contributed by atoms with van der Waals surface area (Å²) in [6.45, 7) is 5.70. The van der Waals surface area contributed by atoms with E-state index in [1.807, 2.05) is 13.8 Å². The zero-order valence-electron chi connectivity index (χ0n) is 17.3. The molecule has 0 bridgehead atoms. The van der Waals surface area contributed by atoms with Gasteiger partial charge < -0.3 is 24.4 Å². The average molecular weight is 406 g/mol. The number of hydrogen-bond acceptors (Lipinski definition) is 6. The first kappa shape index (κ1) is 22.7. The molecule has 29 heavy (non-hydrogen) atoms. The highest BCUT2D eigenvalue weighted by atomic mass is 16.5. The molecule has 1 aromatic rings. The minimum atomic E-state index is -0.908. The van der Waals surface area contributed by atoms with Crippen LogP contribution >= 0.6 is 0 Å². The van der Waals surface area contributed by atoms with E-state index in [0.29, 0.717) is 50.1 Å². The van der Waals surface area contributed by atoms with Gasteiger partial charge in [0.25, 0.3) is 5.91 Å². The second-order valence-electron chi connectivity index (χ2n) is 7.25. The van der Waals surface area contributed by atoms with Crippen LogP contribution < -0.4 is 10.1 Å². The Morgan fingerprint density at radius 3 is 2.69 bits per heavy atom. The van der Waals surface area contributed by atoms with Crippen molar-refractivity contribution in [1.29, 1.82) is 0 Å². The van der Waals surface area contributed by atoms with Gasteiger partial charge in [0.1, 0.15) is 18.4 Å². The Balaban J connectivity index is 2.10. The van der Waals surface area contributed by atoms with E-state index < -0.39 is 12.0 Å². The van der Waals surface area contributed by atoms with Crippen LogP contribution in [-0.4, -0.2) is 68.7 Å². The lowest BCUT2D eigenvalue weighted by Gasteiger charge is -2.34. The second kappa shape index (κ2) is 11.4. The molecule has 8 heteroatoms. The number of nitrogens with one attached hydrogen (secondary N) is 1. The van der Waals surface area contributed by atoms with Crippen molar-refractivity contribution in [3.8, 4) is 5.75 Å². The third-order valence-corrected chi connectivity index (χ3v) is 4.57. The quantitative estimate of drug-likeness (QED) is 0.469. The molecule has 2 amide bonds. The van der Waals surface area contributed by atoms with Crippen LogP contribution in [0.1, 0.15) is 37.0 Å². The number of para-hydroxylation sites is 1. The van der Waals surface area contributed by atoms with Crippen LogP contribution in [0, 0.1) is 5.92 Å². The maximum absolute atomic E-state index is 13.2. The molecule has 8 nitrogen and oxygen atoms in total. The lowest BCUT2D eigenvalue weighted by atomic mass is 10.1. The lowest BCUT2D eigenvalue weighted by molar-refractivity contribution is -0.148. The monoisotopic (exact) mass is 406 g/mol. The number of rotatable bonds is 10. The van der Waals surface area contributed by atoms with Gasteiger partial charge in [0.2, 0.25) is 5.91 Å². The van der Waals surface area contributed by atoms with E-state index in [1.54, 1.807) is 31.4 Å². The Kier molecular flexibility index (Phi) is 8.92. The van der Waals surface area contributed by atoms with Gasteiger partial charge in [0, 0.05) is 20.2 Å². The fourth-order valence-electron chi connectivity index (χ4n) is 2.94. The molecule has 1 fully saturated rings. The summed E-state index contributed by atoms with van der Waals surface area (Å²) in [5, 5.41) is 2.72. The third kappa shape index (κ3) is 6.74. The van der Waals surface area contributed by atoms with Crippen molar-refractivity contribution in [1.82, 2.24) is 10.2 Å². The molecule has 0 saturated carbocycles. The Morgan fingerprint density at radius 2 is 1.97 bits per heavy atom. The summed E-state index contributed by atoms with van der Waals surface area (Å²) in [5.74, 6) is -0.376. The summed E-state index contributed by atoms with van der Waals surface area (Å²) in [6, 6.07) is 5.94. The summed E-state index contributed by atoms with van der Waals surface area (Å²) in [5.41, 5.74) is 0.344. The summed E-state index contributed by atoms with van der Waals surface area (Å²) in [7, 11) is 1.57. The zero-order valence-corrected chi connectivity index (χ0v) is 17.3. The average Bonchev–Trinajstić information content (AvgIpc) is 2.69. The van der Waals surface area contributed by atoms with Crippen molar-refractivity contribution in [3.63, 3.8) is 0 Å². The largest absolute Gasteiger partial charge is 0.490 e. The highest BCUT2D eigenvalue weighted by molar-refractivity contribution is 6.01. The fraction of sp³-hybridized carbons (Fsp3) is 0.571. The molecule has 1 aromatic carbocycles. The van der Waals surface area contributed by atoms with Crippen molar-refractivity contribution < 1.29 is 28.6 Å². The first-order valence-corrected chi connectivity index (χ1v) is 9.89. The lowest BCUT2D eigenvalue weighted by Crippen LogP contribution is -2.57. The van der Waals surface area contributed by atoms with E-state index in [1.165, 1.54) is 4.90 Å². The van der Waals surface area contributed by atoms with Gasteiger partial charge in [0.15, 0.2) is 0 Å². The molecular weight excluding hydrogens is 376 g/mol. The highest BCUT2D eigenvalue weighted by Gasteiger charge is 2.36. The van der Waals surface area contributed by atoms with E-state index in [9.17, 15) is 14.4 Å². The normalized spacial score (nSPS) is 16.5. The van der Waals surface area contributed by atoms with Crippen LogP contribution in [0.3, 0.4) is 0 Å². The van der Waals surface area contributed by atoms with Gasteiger partial charge in [-0.15, -0.1) is 0 Å². The van der Waals surface area contributed by atoms with Crippen LogP contribution in [0.2, 0.25) is 0 Å². The topological polar surface area (TPSA) is 94.2 Å². The van der Waals surface area contributed by atoms with Crippen LogP contribution in [0.4, 0.5) is 0 Å². The van der Waals surface area contributed by atoms with E-state index in [-0.39, 0.29) is 18.2 Å². The molecule has 1 atom stereocenters. The number of esters is 1. The Morgan fingerprint density at radius 1 is 1.21 bits per heavy atom. The number of amides is 2. The maximum Gasteiger partial charge on any atom is 0.308 e. The number of methoxy groups -OCH3 is 1. The number of carbonyl (C=O) groups excluding carboxylic acids is 3. The second-order valence-corrected chi connectivity index (χ2v) is 7.25. The van der Waals surface area contributed by atoms with E-state index in [4.69, 9.17) is 14.2 Å². The van der Waals surface area contributed by atoms with Gasteiger partial charge >= 0.3 is 5.97 Å². The summed E-state index contributed by atoms with van der Waals surface area (Å²) in [4.78, 5) is 39.2. The first-order chi connectivity index (χ1) is 13.9. The van der Waals surface area contributed by atoms with Gasteiger partial charge in [-0.3, -0.25) is 14.4 Å². The molecule has 160 valence electrons. The van der Waals surface area contributed by atoms with E-state index in [0.717, 1.165) is 6.42 Å². The molecule has 1 aliphatic rings. The number of carbonyl (C=O) groups is 3. The van der Waals surface area contributed by atoms with Crippen molar-refractivity contribution in [2.45, 2.75) is 32.7 Å². The van der Waals surface area contributed by atoms with Crippen molar-refractivity contribution in [2.75, 3.05) is 40.0 Å². The molecule has 1 saturated heterocycles. The molecule has 0 spiro atoms. The van der Waals surface area contributed by atoms with Crippen LogP contribution in [0.15, 0.2) is 24.3 Å². The van der Waals surface area contributed by atoms with Gasteiger partial charge in [-0.1, -0.05) is 26.0 Å². The number of nitrogens with zero attached hydrogens (tertiary/aromatic N) is 1. The van der Waals surface area contributed by atoms with Gasteiger partial charge in [0.05, 0.1) is 25.2 Å². The van der Waals surface area contributed by atoms with Crippen LogP contribution in [-0.2, 0) is 19.1 Å². The first-order valence-electron chi connectivity index (χ1n) is 9.89. The minimum absolute atomic E-state index is 0.178. The maximum atomic E-state index is 13.2. The summed E-state index contributed by atoms with van der Waals surface area (Å²) >= 11 is 0. The van der Waals surface area contributed by atoms with Crippen molar-refractivity contribution >= 4 is 17.8 Å². The molecule has 1 heterocycles. The van der Waals surface area contributed by atoms with Crippen LogP contribution in [0.25, 0.3) is 0 Å². The molecular formula is C21H30N2O6. The Bertz CT molecular complexity index is 706. The number of benzene rings is 1. The summed E-state index contributed by atoms with van der Waals surface area (Å²) < 4.78 is 15.9. The zero-order chi connectivity index (χ0) is 21.2. The van der Waals surface area contributed by atoms with Gasteiger partial charge in [-0.05, 0) is 24.5 Å².